The van der Waals surface area contributed by atoms with Crippen LogP contribution in [0.1, 0.15) is 22.4 Å². The fourth-order valence-electron chi connectivity index (χ4n) is 2.42. The second kappa shape index (κ2) is 8.70. The van der Waals surface area contributed by atoms with Gasteiger partial charge in [-0.05, 0) is 12.5 Å². The number of aromatic nitrogens is 4. The molecule has 1 unspecified atom stereocenters. The van der Waals surface area contributed by atoms with Crippen molar-refractivity contribution in [3.63, 3.8) is 0 Å². The number of carbonyl (C=O) groups is 1. The molecule has 0 aliphatic rings. The third-order valence-corrected chi connectivity index (χ3v) is 4.93. The molecular formula is C18H21N7O2S. The third-order valence-electron chi connectivity index (χ3n) is 3.69. The number of aryl methyl sites for hydroxylation is 1. The Bertz CT molecular complexity index is 946. The number of benzene rings is 1. The first-order valence-corrected chi connectivity index (χ1v) is 9.55. The minimum Gasteiger partial charge on any atom is -0.368 e. The molecular weight excluding hydrogens is 378 g/mol. The number of hydrogen-bond acceptors (Lipinski definition) is 9. The Kier molecular flexibility index (Phi) is 6.09. The number of nitrogens with two attached hydrogens (primary N) is 1. The molecule has 2 aromatic heterocycles. The standard InChI is InChI=1S/C18H21N7O2S/c1-11-9-13(24-27-11)20-16(26)15(12-7-5-4-6-8-12)28-10-14-21-17(19)23-18(22-14)25(2)3/h4-9,15H,10H2,1-3H3,(H,20,24,26)(H2,19,21,22,23). The number of rotatable bonds is 7. The van der Waals surface area contributed by atoms with E-state index >= 15 is 0 Å². The van der Waals surface area contributed by atoms with Crippen LogP contribution in [0.4, 0.5) is 17.7 Å². The van der Waals surface area contributed by atoms with Crippen molar-refractivity contribution in [3.05, 3.63) is 53.5 Å². The van der Waals surface area contributed by atoms with Gasteiger partial charge in [0.05, 0.1) is 5.75 Å². The van der Waals surface area contributed by atoms with Gasteiger partial charge in [0, 0.05) is 20.2 Å². The Morgan fingerprint density at radius 1 is 1.25 bits per heavy atom. The molecule has 28 heavy (non-hydrogen) atoms. The van der Waals surface area contributed by atoms with Crippen molar-refractivity contribution in [1.29, 1.82) is 0 Å². The summed E-state index contributed by atoms with van der Waals surface area (Å²) < 4.78 is 5.01. The van der Waals surface area contributed by atoms with E-state index in [0.717, 1.165) is 5.56 Å². The van der Waals surface area contributed by atoms with Crippen molar-refractivity contribution in [2.24, 2.45) is 0 Å². The first kappa shape index (κ1) is 19.6. The van der Waals surface area contributed by atoms with E-state index in [1.165, 1.54) is 11.8 Å². The smallest absolute Gasteiger partial charge is 0.243 e. The van der Waals surface area contributed by atoms with Crippen LogP contribution in [0, 0.1) is 6.92 Å². The number of anilines is 3. The Balaban J connectivity index is 1.79. The molecule has 0 saturated heterocycles. The number of carbonyl (C=O) groups excluding carboxylic acids is 1. The van der Waals surface area contributed by atoms with E-state index in [-0.39, 0.29) is 11.9 Å². The van der Waals surface area contributed by atoms with E-state index in [9.17, 15) is 4.79 Å². The fraction of sp³-hybridized carbons (Fsp3) is 0.278. The molecule has 2 heterocycles. The van der Waals surface area contributed by atoms with Crippen molar-refractivity contribution in [3.8, 4) is 0 Å². The Morgan fingerprint density at radius 3 is 2.64 bits per heavy atom. The summed E-state index contributed by atoms with van der Waals surface area (Å²) in [5.74, 6) is 2.30. The van der Waals surface area contributed by atoms with Gasteiger partial charge in [-0.2, -0.15) is 15.0 Å². The molecule has 0 saturated carbocycles. The minimum atomic E-state index is -0.487. The predicted molar refractivity (Wildman–Crippen MR) is 109 cm³/mol. The summed E-state index contributed by atoms with van der Waals surface area (Å²) in [6.45, 7) is 1.76. The van der Waals surface area contributed by atoms with Crippen LogP contribution in [0.15, 0.2) is 40.9 Å². The summed E-state index contributed by atoms with van der Waals surface area (Å²) >= 11 is 1.39. The molecule has 0 spiro atoms. The molecule has 146 valence electrons. The van der Waals surface area contributed by atoms with E-state index in [1.807, 2.05) is 44.4 Å². The molecule has 1 atom stereocenters. The molecule has 3 N–H and O–H groups in total. The third kappa shape index (κ3) is 4.97. The molecule has 3 aromatic rings. The van der Waals surface area contributed by atoms with Crippen LogP contribution >= 0.6 is 11.8 Å². The topological polar surface area (TPSA) is 123 Å². The molecule has 1 amide bonds. The van der Waals surface area contributed by atoms with Gasteiger partial charge in [-0.25, -0.2) is 0 Å². The van der Waals surface area contributed by atoms with Crippen molar-refractivity contribution < 1.29 is 9.32 Å². The van der Waals surface area contributed by atoms with E-state index < -0.39 is 5.25 Å². The first-order valence-electron chi connectivity index (χ1n) is 8.51. The van der Waals surface area contributed by atoms with Crippen LogP contribution < -0.4 is 16.0 Å². The van der Waals surface area contributed by atoms with Crippen molar-refractivity contribution >= 4 is 35.4 Å². The number of nitrogen functional groups attached to an aromatic ring is 1. The summed E-state index contributed by atoms with van der Waals surface area (Å²) in [6, 6.07) is 11.2. The van der Waals surface area contributed by atoms with Gasteiger partial charge in [-0.3, -0.25) is 4.79 Å². The first-order chi connectivity index (χ1) is 13.4. The van der Waals surface area contributed by atoms with Gasteiger partial charge in [0.2, 0.25) is 17.8 Å². The van der Waals surface area contributed by atoms with Crippen LogP contribution in [0.3, 0.4) is 0 Å². The van der Waals surface area contributed by atoms with Crippen LogP contribution in [0.2, 0.25) is 0 Å². The zero-order chi connectivity index (χ0) is 20.1. The summed E-state index contributed by atoms with van der Waals surface area (Å²) in [6.07, 6.45) is 0. The average molecular weight is 399 g/mol. The van der Waals surface area contributed by atoms with Gasteiger partial charge in [-0.15, -0.1) is 11.8 Å². The van der Waals surface area contributed by atoms with Gasteiger partial charge in [0.15, 0.2) is 5.82 Å². The highest BCUT2D eigenvalue weighted by molar-refractivity contribution is 7.99. The van der Waals surface area contributed by atoms with E-state index in [2.05, 4.69) is 25.4 Å². The van der Waals surface area contributed by atoms with Gasteiger partial charge in [-0.1, -0.05) is 35.5 Å². The van der Waals surface area contributed by atoms with E-state index in [1.54, 1.807) is 17.9 Å². The second-order valence-corrected chi connectivity index (χ2v) is 7.31. The second-order valence-electron chi connectivity index (χ2n) is 6.22. The van der Waals surface area contributed by atoms with Crippen molar-refractivity contribution in [1.82, 2.24) is 20.1 Å². The maximum Gasteiger partial charge on any atom is 0.243 e. The molecule has 1 aromatic carbocycles. The molecule has 3 rings (SSSR count). The zero-order valence-electron chi connectivity index (χ0n) is 15.8. The minimum absolute atomic E-state index is 0.146. The molecule has 0 aliphatic carbocycles. The van der Waals surface area contributed by atoms with Gasteiger partial charge < -0.3 is 20.5 Å². The van der Waals surface area contributed by atoms with Gasteiger partial charge in [0.1, 0.15) is 16.8 Å². The molecule has 0 fully saturated rings. The van der Waals surface area contributed by atoms with Crippen LogP contribution in [-0.2, 0) is 10.5 Å². The summed E-state index contributed by atoms with van der Waals surface area (Å²) in [5.41, 5.74) is 6.64. The predicted octanol–water partition coefficient (Wildman–Crippen LogP) is 2.43. The van der Waals surface area contributed by atoms with Gasteiger partial charge in [0.25, 0.3) is 0 Å². The number of nitrogens with zero attached hydrogens (tertiary/aromatic N) is 5. The largest absolute Gasteiger partial charge is 0.368 e. The summed E-state index contributed by atoms with van der Waals surface area (Å²) in [5, 5.41) is 6.12. The highest BCUT2D eigenvalue weighted by Crippen LogP contribution is 2.32. The maximum absolute atomic E-state index is 12.9. The average Bonchev–Trinajstić information content (AvgIpc) is 3.07. The Labute approximate surface area is 166 Å². The van der Waals surface area contributed by atoms with Gasteiger partial charge >= 0.3 is 0 Å². The monoisotopic (exact) mass is 399 g/mol. The Morgan fingerprint density at radius 2 is 2.00 bits per heavy atom. The zero-order valence-corrected chi connectivity index (χ0v) is 16.6. The maximum atomic E-state index is 12.9. The summed E-state index contributed by atoms with van der Waals surface area (Å²) in [7, 11) is 3.65. The fourth-order valence-corrected chi connectivity index (χ4v) is 3.42. The Hall–Kier alpha value is -3.14. The van der Waals surface area contributed by atoms with E-state index in [0.29, 0.717) is 29.1 Å². The van der Waals surface area contributed by atoms with Crippen LogP contribution in [-0.4, -0.2) is 40.1 Å². The lowest BCUT2D eigenvalue weighted by atomic mass is 10.1. The van der Waals surface area contributed by atoms with Crippen molar-refractivity contribution in [2.75, 3.05) is 30.0 Å². The highest BCUT2D eigenvalue weighted by atomic mass is 32.2. The lowest BCUT2D eigenvalue weighted by molar-refractivity contribution is -0.115. The molecule has 10 heteroatoms. The van der Waals surface area contributed by atoms with Crippen molar-refractivity contribution in [2.45, 2.75) is 17.9 Å². The molecule has 0 radical (unpaired) electrons. The number of hydrogen-bond donors (Lipinski definition) is 2. The number of thioether (sulfide) groups is 1. The quantitative estimate of drug-likeness (QED) is 0.616. The summed E-state index contributed by atoms with van der Waals surface area (Å²) in [4.78, 5) is 27.3. The SMILES string of the molecule is Cc1cc(NC(=O)C(SCc2nc(N)nc(N(C)C)n2)c2ccccc2)no1. The number of amides is 1. The van der Waals surface area contributed by atoms with E-state index in [4.69, 9.17) is 10.3 Å². The lowest BCUT2D eigenvalue weighted by Gasteiger charge is -2.16. The highest BCUT2D eigenvalue weighted by Gasteiger charge is 2.23. The number of nitrogens with one attached hydrogen (secondary N) is 1. The van der Waals surface area contributed by atoms with Crippen LogP contribution in [0.25, 0.3) is 0 Å². The van der Waals surface area contributed by atoms with Crippen LogP contribution in [0.5, 0.6) is 0 Å². The normalized spacial score (nSPS) is 11.8. The lowest BCUT2D eigenvalue weighted by Crippen LogP contribution is -2.20. The molecule has 9 nitrogen and oxygen atoms in total. The molecule has 0 aliphatic heterocycles. The molecule has 0 bridgehead atoms.